The number of ether oxygens (including phenoxy) is 1. The number of ketones is 1. The summed E-state index contributed by atoms with van der Waals surface area (Å²) in [7, 11) is 0. The predicted molar refractivity (Wildman–Crippen MR) is 70.1 cm³/mol. The summed E-state index contributed by atoms with van der Waals surface area (Å²) in [6.45, 7) is 0.438. The van der Waals surface area contributed by atoms with Crippen molar-refractivity contribution in [3.63, 3.8) is 0 Å². The van der Waals surface area contributed by atoms with Gasteiger partial charge < -0.3 is 4.74 Å². The van der Waals surface area contributed by atoms with E-state index in [1.807, 2.05) is 18.2 Å². The van der Waals surface area contributed by atoms with Gasteiger partial charge in [0.1, 0.15) is 18.7 Å². The van der Waals surface area contributed by atoms with E-state index in [1.54, 1.807) is 12.4 Å². The Hall–Kier alpha value is -2.23. The molecule has 0 saturated heterocycles. The van der Waals surface area contributed by atoms with Gasteiger partial charge in [-0.05, 0) is 36.6 Å². The molecule has 0 aliphatic heterocycles. The van der Waals surface area contributed by atoms with E-state index in [0.717, 1.165) is 35.3 Å². The van der Waals surface area contributed by atoms with Crippen molar-refractivity contribution in [1.29, 1.82) is 0 Å². The van der Waals surface area contributed by atoms with E-state index >= 15 is 0 Å². The first-order valence-corrected chi connectivity index (χ1v) is 6.36. The number of aromatic nitrogens is 2. The molecule has 1 aliphatic rings. The fraction of sp³-hybridized carbons (Fsp3) is 0.267. The molecule has 96 valence electrons. The predicted octanol–water partition coefficient (Wildman–Crippen LogP) is 2.57. The van der Waals surface area contributed by atoms with E-state index in [2.05, 4.69) is 9.97 Å². The molecule has 0 saturated carbocycles. The van der Waals surface area contributed by atoms with Crippen LogP contribution in [0, 0.1) is 0 Å². The standard InChI is InChI=1S/C15H14N2O2/c18-15-3-1-2-12-6-13(4-5-14(12)15)19-9-11-7-16-10-17-8-11/h4-8,10H,1-3,9H2. The van der Waals surface area contributed by atoms with Crippen LogP contribution in [-0.4, -0.2) is 15.8 Å². The van der Waals surface area contributed by atoms with Crippen LogP contribution < -0.4 is 4.74 Å². The van der Waals surface area contributed by atoms with Crippen LogP contribution >= 0.6 is 0 Å². The van der Waals surface area contributed by atoms with Gasteiger partial charge in [-0.15, -0.1) is 0 Å². The summed E-state index contributed by atoms with van der Waals surface area (Å²) >= 11 is 0. The van der Waals surface area contributed by atoms with Crippen molar-refractivity contribution in [3.05, 3.63) is 53.6 Å². The second-order valence-corrected chi connectivity index (χ2v) is 4.63. The van der Waals surface area contributed by atoms with Crippen molar-refractivity contribution in [2.45, 2.75) is 25.9 Å². The van der Waals surface area contributed by atoms with Crippen molar-refractivity contribution < 1.29 is 9.53 Å². The van der Waals surface area contributed by atoms with Crippen molar-refractivity contribution in [2.75, 3.05) is 0 Å². The molecule has 0 N–H and O–H groups in total. The van der Waals surface area contributed by atoms with E-state index < -0.39 is 0 Å². The minimum absolute atomic E-state index is 0.240. The minimum atomic E-state index is 0.240. The summed E-state index contributed by atoms with van der Waals surface area (Å²) in [6, 6.07) is 5.69. The van der Waals surface area contributed by atoms with Crippen molar-refractivity contribution in [2.24, 2.45) is 0 Å². The molecule has 4 heteroatoms. The van der Waals surface area contributed by atoms with Crippen LogP contribution in [0.5, 0.6) is 5.75 Å². The summed E-state index contributed by atoms with van der Waals surface area (Å²) in [5.74, 6) is 1.03. The zero-order valence-corrected chi connectivity index (χ0v) is 10.5. The number of carbonyl (C=O) groups excluding carboxylic acids is 1. The number of fused-ring (bicyclic) bond motifs is 1. The molecule has 0 radical (unpaired) electrons. The lowest BCUT2D eigenvalue weighted by Crippen LogP contribution is -2.10. The Morgan fingerprint density at radius 2 is 2.00 bits per heavy atom. The van der Waals surface area contributed by atoms with Gasteiger partial charge >= 0.3 is 0 Å². The number of hydrogen-bond acceptors (Lipinski definition) is 4. The number of nitrogens with zero attached hydrogens (tertiary/aromatic N) is 2. The Balaban J connectivity index is 1.74. The third kappa shape index (κ3) is 2.62. The maximum absolute atomic E-state index is 11.7. The minimum Gasteiger partial charge on any atom is -0.489 e. The van der Waals surface area contributed by atoms with Gasteiger partial charge in [-0.3, -0.25) is 4.79 Å². The lowest BCUT2D eigenvalue weighted by molar-refractivity contribution is 0.0972. The first-order valence-electron chi connectivity index (χ1n) is 6.36. The third-order valence-corrected chi connectivity index (χ3v) is 3.25. The highest BCUT2D eigenvalue weighted by molar-refractivity contribution is 5.98. The molecule has 1 heterocycles. The largest absolute Gasteiger partial charge is 0.489 e. The number of Topliss-reactive ketones (excluding diaryl/α,β-unsaturated/α-hetero) is 1. The first-order chi connectivity index (χ1) is 9.33. The van der Waals surface area contributed by atoms with Gasteiger partial charge in [0, 0.05) is 29.9 Å². The van der Waals surface area contributed by atoms with E-state index in [-0.39, 0.29) is 5.78 Å². The van der Waals surface area contributed by atoms with Gasteiger partial charge in [-0.2, -0.15) is 0 Å². The van der Waals surface area contributed by atoms with Crippen molar-refractivity contribution in [3.8, 4) is 5.75 Å². The molecule has 0 bridgehead atoms. The summed E-state index contributed by atoms with van der Waals surface area (Å²) in [5.41, 5.74) is 2.87. The Labute approximate surface area is 111 Å². The van der Waals surface area contributed by atoms with E-state index in [9.17, 15) is 4.79 Å². The number of rotatable bonds is 3. The molecule has 4 nitrogen and oxygen atoms in total. The monoisotopic (exact) mass is 254 g/mol. The highest BCUT2D eigenvalue weighted by Crippen LogP contribution is 2.25. The molecule has 2 aromatic rings. The first kappa shape index (κ1) is 11.8. The number of benzene rings is 1. The summed E-state index contributed by atoms with van der Waals surface area (Å²) < 4.78 is 5.70. The van der Waals surface area contributed by atoms with Gasteiger partial charge in [0.05, 0.1) is 0 Å². The van der Waals surface area contributed by atoms with Gasteiger partial charge in [-0.25, -0.2) is 9.97 Å². The van der Waals surface area contributed by atoms with Crippen LogP contribution in [0.4, 0.5) is 0 Å². The number of aryl methyl sites for hydroxylation is 1. The molecule has 0 amide bonds. The summed E-state index contributed by atoms with van der Waals surface area (Å²) in [4.78, 5) is 19.6. The van der Waals surface area contributed by atoms with Crippen LogP contribution in [0.25, 0.3) is 0 Å². The van der Waals surface area contributed by atoms with Gasteiger partial charge in [0.25, 0.3) is 0 Å². The van der Waals surface area contributed by atoms with Crippen LogP contribution in [-0.2, 0) is 13.0 Å². The van der Waals surface area contributed by atoms with Crippen LogP contribution in [0.3, 0.4) is 0 Å². The zero-order valence-electron chi connectivity index (χ0n) is 10.5. The number of carbonyl (C=O) groups is 1. The van der Waals surface area contributed by atoms with Crippen molar-refractivity contribution >= 4 is 5.78 Å². The Bertz CT molecular complexity index is 596. The molecular formula is C15H14N2O2. The second kappa shape index (κ2) is 5.18. The summed E-state index contributed by atoms with van der Waals surface area (Å²) in [5, 5.41) is 0. The smallest absolute Gasteiger partial charge is 0.163 e. The fourth-order valence-electron chi connectivity index (χ4n) is 2.28. The van der Waals surface area contributed by atoms with Gasteiger partial charge in [0.2, 0.25) is 0 Å². The molecule has 0 unspecified atom stereocenters. The highest BCUT2D eigenvalue weighted by Gasteiger charge is 2.17. The molecule has 3 rings (SSSR count). The average molecular weight is 254 g/mol. The average Bonchev–Trinajstić information content (AvgIpc) is 2.46. The van der Waals surface area contributed by atoms with E-state index in [4.69, 9.17) is 4.74 Å². The molecule has 1 aliphatic carbocycles. The maximum Gasteiger partial charge on any atom is 0.163 e. The molecule has 0 atom stereocenters. The van der Waals surface area contributed by atoms with Crippen LogP contribution in [0.15, 0.2) is 36.9 Å². The van der Waals surface area contributed by atoms with E-state index in [1.165, 1.54) is 6.33 Å². The van der Waals surface area contributed by atoms with E-state index in [0.29, 0.717) is 13.0 Å². The molecule has 0 fully saturated rings. The highest BCUT2D eigenvalue weighted by atomic mass is 16.5. The topological polar surface area (TPSA) is 52.1 Å². The van der Waals surface area contributed by atoms with Gasteiger partial charge in [0.15, 0.2) is 5.78 Å². The molecule has 0 spiro atoms. The quantitative estimate of drug-likeness (QED) is 0.844. The molecule has 1 aromatic carbocycles. The SMILES string of the molecule is O=C1CCCc2cc(OCc3cncnc3)ccc21. The van der Waals surface area contributed by atoms with Crippen LogP contribution in [0.1, 0.15) is 34.3 Å². The van der Waals surface area contributed by atoms with Gasteiger partial charge in [-0.1, -0.05) is 0 Å². The fourth-order valence-corrected chi connectivity index (χ4v) is 2.28. The summed E-state index contributed by atoms with van der Waals surface area (Å²) in [6.07, 6.45) is 7.50. The Morgan fingerprint density at radius 1 is 1.16 bits per heavy atom. The molecular weight excluding hydrogens is 240 g/mol. The lowest BCUT2D eigenvalue weighted by Gasteiger charge is -2.15. The normalized spacial score (nSPS) is 14.0. The third-order valence-electron chi connectivity index (χ3n) is 3.25. The molecule has 1 aromatic heterocycles. The van der Waals surface area contributed by atoms with Crippen LogP contribution in [0.2, 0.25) is 0 Å². The Morgan fingerprint density at radius 3 is 2.84 bits per heavy atom. The number of hydrogen-bond donors (Lipinski definition) is 0. The van der Waals surface area contributed by atoms with Crippen molar-refractivity contribution in [1.82, 2.24) is 9.97 Å². The lowest BCUT2D eigenvalue weighted by atomic mass is 9.90. The Kier molecular flexibility index (Phi) is 3.23. The molecule has 19 heavy (non-hydrogen) atoms. The maximum atomic E-state index is 11.7. The zero-order chi connectivity index (χ0) is 13.1. The second-order valence-electron chi connectivity index (χ2n) is 4.63.